The summed E-state index contributed by atoms with van der Waals surface area (Å²) in [6.07, 6.45) is 1.42. The number of rotatable bonds is 3. The van der Waals surface area contributed by atoms with Crippen molar-refractivity contribution in [2.45, 2.75) is 5.25 Å². The molecule has 5 nitrogen and oxygen atoms in total. The lowest BCUT2D eigenvalue weighted by atomic mass is 10.3. The highest BCUT2D eigenvalue weighted by Gasteiger charge is 2.42. The van der Waals surface area contributed by atoms with E-state index in [9.17, 15) is 14.4 Å². The molecular weight excluding hydrogens is 192 g/mol. The SMILES string of the molecule is C=CCN1C(=O)SC(C(N)=O)C1=O. The van der Waals surface area contributed by atoms with Crippen molar-refractivity contribution < 1.29 is 14.4 Å². The van der Waals surface area contributed by atoms with E-state index in [4.69, 9.17) is 5.73 Å². The van der Waals surface area contributed by atoms with E-state index in [-0.39, 0.29) is 6.54 Å². The highest BCUT2D eigenvalue weighted by Crippen LogP contribution is 2.26. The number of hydrogen-bond acceptors (Lipinski definition) is 4. The van der Waals surface area contributed by atoms with Gasteiger partial charge in [0.1, 0.15) is 0 Å². The summed E-state index contributed by atoms with van der Waals surface area (Å²) in [4.78, 5) is 34.0. The first-order chi connectivity index (χ1) is 6.07. The molecule has 13 heavy (non-hydrogen) atoms. The summed E-state index contributed by atoms with van der Waals surface area (Å²) in [6, 6.07) is 0. The van der Waals surface area contributed by atoms with Crippen LogP contribution in [0.25, 0.3) is 0 Å². The van der Waals surface area contributed by atoms with E-state index in [0.717, 1.165) is 4.90 Å². The maximum atomic E-state index is 11.3. The molecule has 0 radical (unpaired) electrons. The van der Waals surface area contributed by atoms with Gasteiger partial charge in [-0.3, -0.25) is 19.3 Å². The normalized spacial score (nSPS) is 22.2. The van der Waals surface area contributed by atoms with E-state index in [2.05, 4.69) is 6.58 Å². The van der Waals surface area contributed by atoms with Gasteiger partial charge in [-0.15, -0.1) is 6.58 Å². The average molecular weight is 200 g/mol. The van der Waals surface area contributed by atoms with E-state index in [1.807, 2.05) is 0 Å². The number of hydrogen-bond donors (Lipinski definition) is 1. The van der Waals surface area contributed by atoms with Gasteiger partial charge in [0.15, 0.2) is 5.25 Å². The Hall–Kier alpha value is -1.30. The molecule has 3 amide bonds. The summed E-state index contributed by atoms with van der Waals surface area (Å²) >= 11 is 0.645. The van der Waals surface area contributed by atoms with Gasteiger partial charge in [0.05, 0.1) is 0 Å². The van der Waals surface area contributed by atoms with Crippen LogP contribution in [0.3, 0.4) is 0 Å². The van der Waals surface area contributed by atoms with Gasteiger partial charge in [-0.2, -0.15) is 0 Å². The molecule has 1 aliphatic rings. The maximum absolute atomic E-state index is 11.3. The molecule has 0 spiro atoms. The van der Waals surface area contributed by atoms with E-state index in [1.54, 1.807) is 0 Å². The summed E-state index contributed by atoms with van der Waals surface area (Å²) < 4.78 is 0. The number of imide groups is 1. The quantitative estimate of drug-likeness (QED) is 0.502. The molecule has 1 atom stereocenters. The first-order valence-electron chi connectivity index (χ1n) is 3.50. The first kappa shape index (κ1) is 9.79. The van der Waals surface area contributed by atoms with E-state index in [1.165, 1.54) is 6.08 Å². The van der Waals surface area contributed by atoms with Crippen molar-refractivity contribution in [1.82, 2.24) is 4.90 Å². The standard InChI is InChI=1S/C7H8N2O3S/c1-2-3-9-6(11)4(5(8)10)13-7(9)12/h2,4H,1,3H2,(H2,8,10). The third kappa shape index (κ3) is 1.72. The van der Waals surface area contributed by atoms with Crippen molar-refractivity contribution in [3.63, 3.8) is 0 Å². The van der Waals surface area contributed by atoms with Gasteiger partial charge in [0, 0.05) is 6.54 Å². The zero-order valence-corrected chi connectivity index (χ0v) is 7.54. The predicted molar refractivity (Wildman–Crippen MR) is 47.9 cm³/mol. The van der Waals surface area contributed by atoms with Crippen LogP contribution < -0.4 is 5.73 Å². The van der Waals surface area contributed by atoms with Gasteiger partial charge in [0.2, 0.25) is 5.91 Å². The molecule has 1 rings (SSSR count). The van der Waals surface area contributed by atoms with Crippen molar-refractivity contribution >= 4 is 28.8 Å². The molecule has 70 valence electrons. The summed E-state index contributed by atoms with van der Waals surface area (Å²) in [5.74, 6) is -1.34. The van der Waals surface area contributed by atoms with Crippen LogP contribution in [0, 0.1) is 0 Å². The smallest absolute Gasteiger partial charge is 0.289 e. The zero-order valence-electron chi connectivity index (χ0n) is 6.73. The van der Waals surface area contributed by atoms with E-state index >= 15 is 0 Å². The molecule has 1 unspecified atom stereocenters. The Morgan fingerprint density at radius 1 is 1.69 bits per heavy atom. The molecule has 2 N–H and O–H groups in total. The highest BCUT2D eigenvalue weighted by molar-refractivity contribution is 8.15. The van der Waals surface area contributed by atoms with Crippen molar-refractivity contribution in [3.05, 3.63) is 12.7 Å². The second-order valence-corrected chi connectivity index (χ2v) is 3.46. The van der Waals surface area contributed by atoms with Crippen LogP contribution in [0.1, 0.15) is 0 Å². The Balaban J connectivity index is 2.81. The Morgan fingerprint density at radius 3 is 2.69 bits per heavy atom. The Bertz CT molecular complexity index is 289. The fourth-order valence-corrected chi connectivity index (χ4v) is 1.76. The van der Waals surface area contributed by atoms with Gasteiger partial charge in [-0.1, -0.05) is 6.08 Å². The molecule has 0 aromatic carbocycles. The molecule has 1 fully saturated rings. The summed E-state index contributed by atoms with van der Waals surface area (Å²) in [5.41, 5.74) is 4.92. The predicted octanol–water partition coefficient (Wildman–Crippen LogP) is -0.278. The van der Waals surface area contributed by atoms with Crippen LogP contribution in [-0.4, -0.2) is 33.7 Å². The molecule has 1 saturated heterocycles. The van der Waals surface area contributed by atoms with Crippen LogP contribution in [0.5, 0.6) is 0 Å². The van der Waals surface area contributed by atoms with Crippen molar-refractivity contribution in [3.8, 4) is 0 Å². The largest absolute Gasteiger partial charge is 0.368 e. The summed E-state index contributed by atoms with van der Waals surface area (Å²) in [6.45, 7) is 3.51. The molecule has 0 aliphatic carbocycles. The molecule has 0 saturated carbocycles. The van der Waals surface area contributed by atoms with Gasteiger partial charge in [-0.25, -0.2) is 0 Å². The van der Waals surface area contributed by atoms with Gasteiger partial charge in [0.25, 0.3) is 11.1 Å². The first-order valence-corrected chi connectivity index (χ1v) is 4.38. The second kappa shape index (κ2) is 3.61. The van der Waals surface area contributed by atoms with Crippen LogP contribution in [0.15, 0.2) is 12.7 Å². The third-order valence-corrected chi connectivity index (χ3v) is 2.59. The Kier molecular flexibility index (Phi) is 2.72. The molecular formula is C7H8N2O3S. The number of carbonyl (C=O) groups is 3. The van der Waals surface area contributed by atoms with Crippen molar-refractivity contribution in [2.75, 3.05) is 6.54 Å². The number of nitrogens with zero attached hydrogens (tertiary/aromatic N) is 1. The number of nitrogens with two attached hydrogens (primary N) is 1. The van der Waals surface area contributed by atoms with Crippen molar-refractivity contribution in [1.29, 1.82) is 0 Å². The number of thioether (sulfide) groups is 1. The minimum Gasteiger partial charge on any atom is -0.368 e. The second-order valence-electron chi connectivity index (χ2n) is 2.40. The number of carbonyl (C=O) groups excluding carboxylic acids is 3. The van der Waals surface area contributed by atoms with E-state index < -0.39 is 22.3 Å². The highest BCUT2D eigenvalue weighted by atomic mass is 32.2. The monoisotopic (exact) mass is 200 g/mol. The fourth-order valence-electron chi connectivity index (χ4n) is 0.920. The van der Waals surface area contributed by atoms with Gasteiger partial charge >= 0.3 is 0 Å². The maximum Gasteiger partial charge on any atom is 0.289 e. The van der Waals surface area contributed by atoms with Crippen LogP contribution in [0.4, 0.5) is 4.79 Å². The molecule has 0 bridgehead atoms. The third-order valence-electron chi connectivity index (χ3n) is 1.50. The van der Waals surface area contributed by atoms with Gasteiger partial charge < -0.3 is 5.73 Å². The number of primary amides is 1. The molecule has 0 aromatic heterocycles. The molecule has 1 aliphatic heterocycles. The number of amides is 3. The molecule has 0 aromatic rings. The minimum atomic E-state index is -1.06. The summed E-state index contributed by atoms with van der Waals surface area (Å²) in [7, 11) is 0. The van der Waals surface area contributed by atoms with Crippen molar-refractivity contribution in [2.24, 2.45) is 5.73 Å². The summed E-state index contributed by atoms with van der Waals surface area (Å²) in [5, 5.41) is -1.51. The Labute approximate surface area is 78.9 Å². The topological polar surface area (TPSA) is 80.5 Å². The zero-order chi connectivity index (χ0) is 10.0. The van der Waals surface area contributed by atoms with Crippen LogP contribution >= 0.6 is 11.8 Å². The van der Waals surface area contributed by atoms with Gasteiger partial charge in [-0.05, 0) is 11.8 Å². The lowest BCUT2D eigenvalue weighted by Crippen LogP contribution is -2.37. The van der Waals surface area contributed by atoms with Crippen LogP contribution in [0.2, 0.25) is 0 Å². The molecule has 1 heterocycles. The van der Waals surface area contributed by atoms with Crippen LogP contribution in [-0.2, 0) is 9.59 Å². The lowest BCUT2D eigenvalue weighted by Gasteiger charge is -2.08. The molecule has 6 heteroatoms. The fraction of sp³-hybridized carbons (Fsp3) is 0.286. The minimum absolute atomic E-state index is 0.119. The Morgan fingerprint density at radius 2 is 2.31 bits per heavy atom. The van der Waals surface area contributed by atoms with E-state index in [0.29, 0.717) is 11.8 Å². The lowest BCUT2D eigenvalue weighted by molar-refractivity contribution is -0.130. The average Bonchev–Trinajstić information content (AvgIpc) is 2.32.